The SMILES string of the molecule is CN(CC(=O)Nc1ccc(F)cc1)C(=O)c1cccc2ccccc12. The van der Waals surface area contributed by atoms with Crippen LogP contribution in [0, 0.1) is 5.82 Å². The number of rotatable bonds is 4. The number of nitrogens with one attached hydrogen (secondary N) is 1. The number of hydrogen-bond acceptors (Lipinski definition) is 2. The van der Waals surface area contributed by atoms with Gasteiger partial charge in [0.1, 0.15) is 5.82 Å². The van der Waals surface area contributed by atoms with Gasteiger partial charge in [0.25, 0.3) is 5.91 Å². The van der Waals surface area contributed by atoms with Gasteiger partial charge < -0.3 is 10.2 Å². The van der Waals surface area contributed by atoms with Gasteiger partial charge in [0.05, 0.1) is 6.54 Å². The van der Waals surface area contributed by atoms with Crippen LogP contribution in [-0.4, -0.2) is 30.3 Å². The molecule has 1 N–H and O–H groups in total. The minimum Gasteiger partial charge on any atom is -0.332 e. The fourth-order valence-electron chi connectivity index (χ4n) is 2.64. The Labute approximate surface area is 144 Å². The molecule has 0 atom stereocenters. The molecular formula is C20H17FN2O2. The van der Waals surface area contributed by atoms with E-state index in [1.807, 2.05) is 36.4 Å². The van der Waals surface area contributed by atoms with Gasteiger partial charge in [0.15, 0.2) is 0 Å². The summed E-state index contributed by atoms with van der Waals surface area (Å²) < 4.78 is 12.9. The second-order valence-electron chi connectivity index (χ2n) is 5.74. The Balaban J connectivity index is 1.71. The van der Waals surface area contributed by atoms with Crippen LogP contribution in [-0.2, 0) is 4.79 Å². The van der Waals surface area contributed by atoms with Crippen LogP contribution in [0.4, 0.5) is 10.1 Å². The number of carbonyl (C=O) groups excluding carboxylic acids is 2. The predicted molar refractivity (Wildman–Crippen MR) is 95.9 cm³/mol. The number of amides is 2. The van der Waals surface area contributed by atoms with Crippen LogP contribution in [0.1, 0.15) is 10.4 Å². The van der Waals surface area contributed by atoms with Gasteiger partial charge in [0.2, 0.25) is 5.91 Å². The van der Waals surface area contributed by atoms with Gasteiger partial charge in [0, 0.05) is 18.3 Å². The molecule has 2 amide bonds. The standard InChI is InChI=1S/C20H17FN2O2/c1-23(13-19(24)22-16-11-9-15(21)10-12-16)20(25)18-8-4-6-14-5-2-3-7-17(14)18/h2-12H,13H2,1H3,(H,22,24). The molecule has 0 spiro atoms. The Morgan fingerprint density at radius 2 is 1.64 bits per heavy atom. The lowest BCUT2D eigenvalue weighted by molar-refractivity contribution is -0.116. The zero-order chi connectivity index (χ0) is 17.8. The van der Waals surface area contributed by atoms with Crippen molar-refractivity contribution in [2.75, 3.05) is 18.9 Å². The Bertz CT molecular complexity index is 917. The molecule has 0 aromatic heterocycles. The average Bonchev–Trinajstić information content (AvgIpc) is 2.62. The van der Waals surface area contributed by atoms with Crippen LogP contribution in [0.25, 0.3) is 10.8 Å². The van der Waals surface area contributed by atoms with Crippen LogP contribution < -0.4 is 5.32 Å². The number of hydrogen-bond donors (Lipinski definition) is 1. The van der Waals surface area contributed by atoms with Crippen molar-refractivity contribution in [3.8, 4) is 0 Å². The molecule has 0 aliphatic heterocycles. The van der Waals surface area contributed by atoms with Crippen molar-refractivity contribution in [1.29, 1.82) is 0 Å². The average molecular weight is 336 g/mol. The molecule has 0 saturated heterocycles. The highest BCUT2D eigenvalue weighted by Crippen LogP contribution is 2.19. The van der Waals surface area contributed by atoms with Crippen molar-refractivity contribution >= 4 is 28.3 Å². The highest BCUT2D eigenvalue weighted by atomic mass is 19.1. The molecule has 3 rings (SSSR count). The first-order chi connectivity index (χ1) is 12.0. The normalized spacial score (nSPS) is 10.5. The van der Waals surface area contributed by atoms with Gasteiger partial charge >= 0.3 is 0 Å². The Hall–Kier alpha value is -3.21. The van der Waals surface area contributed by atoms with Crippen LogP contribution in [0.2, 0.25) is 0 Å². The molecule has 3 aromatic rings. The maximum Gasteiger partial charge on any atom is 0.254 e. The molecule has 0 radical (unpaired) electrons. The lowest BCUT2D eigenvalue weighted by atomic mass is 10.0. The smallest absolute Gasteiger partial charge is 0.254 e. The highest BCUT2D eigenvalue weighted by molar-refractivity contribution is 6.08. The topological polar surface area (TPSA) is 49.4 Å². The molecule has 0 heterocycles. The summed E-state index contributed by atoms with van der Waals surface area (Å²) in [6.07, 6.45) is 0. The maximum atomic E-state index is 12.9. The summed E-state index contributed by atoms with van der Waals surface area (Å²) in [5, 5.41) is 4.46. The summed E-state index contributed by atoms with van der Waals surface area (Å²) in [5.41, 5.74) is 1.03. The minimum atomic E-state index is -0.374. The fourth-order valence-corrected chi connectivity index (χ4v) is 2.64. The molecule has 0 fully saturated rings. The monoisotopic (exact) mass is 336 g/mol. The molecule has 0 saturated carbocycles. The summed E-state index contributed by atoms with van der Waals surface area (Å²) in [4.78, 5) is 26.2. The van der Waals surface area contributed by atoms with E-state index in [9.17, 15) is 14.0 Å². The summed E-state index contributed by atoms with van der Waals surface area (Å²) in [5.74, 6) is -0.949. The van der Waals surface area contributed by atoms with E-state index >= 15 is 0 Å². The number of halogens is 1. The highest BCUT2D eigenvalue weighted by Gasteiger charge is 2.17. The maximum absolute atomic E-state index is 12.9. The number of carbonyl (C=O) groups is 2. The molecule has 0 aliphatic rings. The number of anilines is 1. The van der Waals surface area contributed by atoms with Crippen molar-refractivity contribution in [3.63, 3.8) is 0 Å². The Morgan fingerprint density at radius 1 is 0.960 bits per heavy atom. The number of fused-ring (bicyclic) bond motifs is 1. The van der Waals surface area contributed by atoms with Crippen molar-refractivity contribution < 1.29 is 14.0 Å². The Kier molecular flexibility index (Phi) is 4.75. The van der Waals surface area contributed by atoms with E-state index in [-0.39, 0.29) is 24.2 Å². The minimum absolute atomic E-state index is 0.0978. The molecular weight excluding hydrogens is 319 g/mol. The van der Waals surface area contributed by atoms with E-state index in [4.69, 9.17) is 0 Å². The quantitative estimate of drug-likeness (QED) is 0.790. The second kappa shape index (κ2) is 7.13. The predicted octanol–water partition coefficient (Wildman–Crippen LogP) is 3.69. The van der Waals surface area contributed by atoms with Crippen LogP contribution in [0.3, 0.4) is 0 Å². The van der Waals surface area contributed by atoms with Gasteiger partial charge in [-0.1, -0.05) is 36.4 Å². The van der Waals surface area contributed by atoms with Crippen molar-refractivity contribution in [2.45, 2.75) is 0 Å². The van der Waals surface area contributed by atoms with Crippen LogP contribution in [0.15, 0.2) is 66.7 Å². The van der Waals surface area contributed by atoms with E-state index in [0.29, 0.717) is 11.3 Å². The fraction of sp³-hybridized carbons (Fsp3) is 0.100. The van der Waals surface area contributed by atoms with Crippen molar-refractivity contribution in [2.24, 2.45) is 0 Å². The van der Waals surface area contributed by atoms with Gasteiger partial charge in [-0.2, -0.15) is 0 Å². The lowest BCUT2D eigenvalue weighted by Gasteiger charge is -2.18. The number of likely N-dealkylation sites (N-methyl/N-ethyl adjacent to an activating group) is 1. The molecule has 3 aromatic carbocycles. The van der Waals surface area contributed by atoms with Crippen molar-refractivity contribution in [3.05, 3.63) is 78.1 Å². The molecule has 0 bridgehead atoms. The molecule has 126 valence electrons. The zero-order valence-corrected chi connectivity index (χ0v) is 13.7. The largest absolute Gasteiger partial charge is 0.332 e. The molecule has 25 heavy (non-hydrogen) atoms. The van der Waals surface area contributed by atoms with Gasteiger partial charge in [-0.3, -0.25) is 9.59 Å². The van der Waals surface area contributed by atoms with E-state index in [0.717, 1.165) is 10.8 Å². The molecule has 5 heteroatoms. The second-order valence-corrected chi connectivity index (χ2v) is 5.74. The van der Waals surface area contributed by atoms with E-state index in [2.05, 4.69) is 5.32 Å². The lowest BCUT2D eigenvalue weighted by Crippen LogP contribution is -2.35. The van der Waals surface area contributed by atoms with E-state index < -0.39 is 0 Å². The first-order valence-electron chi connectivity index (χ1n) is 7.83. The van der Waals surface area contributed by atoms with Gasteiger partial charge in [-0.15, -0.1) is 0 Å². The third-order valence-electron chi connectivity index (χ3n) is 3.88. The third-order valence-corrected chi connectivity index (χ3v) is 3.88. The third kappa shape index (κ3) is 3.83. The van der Waals surface area contributed by atoms with Gasteiger partial charge in [-0.25, -0.2) is 4.39 Å². The summed E-state index contributed by atoms with van der Waals surface area (Å²) in [6.45, 7) is -0.0978. The molecule has 0 unspecified atom stereocenters. The van der Waals surface area contributed by atoms with Gasteiger partial charge in [-0.05, 0) is 41.1 Å². The summed E-state index contributed by atoms with van der Waals surface area (Å²) >= 11 is 0. The molecule has 0 aliphatic carbocycles. The number of benzene rings is 3. The van der Waals surface area contributed by atoms with Crippen LogP contribution in [0.5, 0.6) is 0 Å². The Morgan fingerprint density at radius 3 is 2.40 bits per heavy atom. The van der Waals surface area contributed by atoms with E-state index in [1.54, 1.807) is 13.1 Å². The first kappa shape index (κ1) is 16.6. The first-order valence-corrected chi connectivity index (χ1v) is 7.83. The zero-order valence-electron chi connectivity index (χ0n) is 13.7. The van der Waals surface area contributed by atoms with E-state index in [1.165, 1.54) is 29.2 Å². The number of nitrogens with zero attached hydrogens (tertiary/aromatic N) is 1. The van der Waals surface area contributed by atoms with Crippen LogP contribution >= 0.6 is 0 Å². The van der Waals surface area contributed by atoms with Crippen molar-refractivity contribution in [1.82, 2.24) is 4.90 Å². The summed E-state index contributed by atoms with van der Waals surface area (Å²) in [7, 11) is 1.58. The molecule has 4 nitrogen and oxygen atoms in total. The summed E-state index contributed by atoms with van der Waals surface area (Å²) in [6, 6.07) is 18.6.